The summed E-state index contributed by atoms with van der Waals surface area (Å²) >= 11 is 0. The molecule has 0 radical (unpaired) electrons. The number of halogens is 2. The minimum Gasteiger partial charge on any atom is -0.308 e. The van der Waals surface area contributed by atoms with E-state index >= 15 is 0 Å². The van der Waals surface area contributed by atoms with Gasteiger partial charge in [0.05, 0.1) is 17.6 Å². The topological polar surface area (TPSA) is 42.7 Å². The second-order valence-corrected chi connectivity index (χ2v) is 4.39. The third-order valence-electron chi connectivity index (χ3n) is 2.92. The van der Waals surface area contributed by atoms with Crippen LogP contribution in [0.25, 0.3) is 5.69 Å². The summed E-state index contributed by atoms with van der Waals surface area (Å²) in [6, 6.07) is 4.25. The van der Waals surface area contributed by atoms with E-state index in [9.17, 15) is 8.78 Å². The van der Waals surface area contributed by atoms with Crippen LogP contribution in [0.1, 0.15) is 18.5 Å². The first kappa shape index (κ1) is 11.3. The molecule has 0 amide bonds. The van der Waals surface area contributed by atoms with Crippen molar-refractivity contribution in [3.8, 4) is 5.69 Å². The van der Waals surface area contributed by atoms with E-state index < -0.39 is 11.6 Å². The second kappa shape index (κ2) is 4.45. The smallest absolute Gasteiger partial charge is 0.160 e. The quantitative estimate of drug-likeness (QED) is 0.899. The summed E-state index contributed by atoms with van der Waals surface area (Å²) in [6.07, 6.45) is 4.00. The molecule has 0 aliphatic heterocycles. The Balaban J connectivity index is 1.85. The van der Waals surface area contributed by atoms with Crippen LogP contribution in [0.3, 0.4) is 0 Å². The Morgan fingerprint density at radius 1 is 1.28 bits per heavy atom. The van der Waals surface area contributed by atoms with Gasteiger partial charge in [0.1, 0.15) is 0 Å². The SMILES string of the molecule is Fc1ccc(-n2nncc2CNC2CC2)cc1F. The zero-order valence-electron chi connectivity index (χ0n) is 9.61. The first-order valence-electron chi connectivity index (χ1n) is 5.82. The summed E-state index contributed by atoms with van der Waals surface area (Å²) in [5, 5.41) is 11.0. The summed E-state index contributed by atoms with van der Waals surface area (Å²) in [6.45, 7) is 0.622. The standard InChI is InChI=1S/C12H12F2N4/c13-11-4-3-9(5-12(11)14)18-10(7-16-17-18)6-15-8-1-2-8/h3-5,7-8,15H,1-2,6H2. The Morgan fingerprint density at radius 3 is 2.83 bits per heavy atom. The predicted molar refractivity (Wildman–Crippen MR) is 61.1 cm³/mol. The maximum Gasteiger partial charge on any atom is 0.160 e. The van der Waals surface area contributed by atoms with Crippen LogP contribution < -0.4 is 5.32 Å². The first-order chi connectivity index (χ1) is 8.74. The molecule has 4 nitrogen and oxygen atoms in total. The molecule has 6 heteroatoms. The molecular weight excluding hydrogens is 238 g/mol. The largest absolute Gasteiger partial charge is 0.308 e. The van der Waals surface area contributed by atoms with Gasteiger partial charge >= 0.3 is 0 Å². The molecule has 3 rings (SSSR count). The minimum absolute atomic E-state index is 0.471. The molecule has 1 fully saturated rings. The molecule has 18 heavy (non-hydrogen) atoms. The maximum absolute atomic E-state index is 13.2. The molecule has 1 saturated carbocycles. The summed E-state index contributed by atoms with van der Waals surface area (Å²) in [4.78, 5) is 0. The number of aromatic nitrogens is 3. The van der Waals surface area contributed by atoms with Gasteiger partial charge in [0.15, 0.2) is 11.6 Å². The highest BCUT2D eigenvalue weighted by Crippen LogP contribution is 2.20. The number of nitrogens with one attached hydrogen (secondary N) is 1. The van der Waals surface area contributed by atoms with E-state index in [2.05, 4.69) is 15.6 Å². The van der Waals surface area contributed by atoms with Gasteiger partial charge in [-0.05, 0) is 25.0 Å². The molecule has 0 spiro atoms. The molecule has 1 aliphatic rings. The fraction of sp³-hybridized carbons (Fsp3) is 0.333. The molecule has 0 saturated heterocycles. The minimum atomic E-state index is -0.885. The van der Waals surface area contributed by atoms with Crippen LogP contribution in [0, 0.1) is 11.6 Å². The van der Waals surface area contributed by atoms with Gasteiger partial charge in [-0.2, -0.15) is 0 Å². The van der Waals surface area contributed by atoms with Crippen molar-refractivity contribution in [2.45, 2.75) is 25.4 Å². The summed E-state index contributed by atoms with van der Waals surface area (Å²) in [5.41, 5.74) is 1.30. The third kappa shape index (κ3) is 2.24. The Hall–Kier alpha value is -1.82. The van der Waals surface area contributed by atoms with E-state index in [1.165, 1.54) is 23.6 Å². The normalized spacial score (nSPS) is 15.0. The van der Waals surface area contributed by atoms with Gasteiger partial charge in [0, 0.05) is 18.7 Å². The van der Waals surface area contributed by atoms with Crippen molar-refractivity contribution in [3.63, 3.8) is 0 Å². The van der Waals surface area contributed by atoms with Crippen molar-refractivity contribution in [1.29, 1.82) is 0 Å². The average Bonchev–Trinajstić information content (AvgIpc) is 3.08. The molecule has 1 aliphatic carbocycles. The number of hydrogen-bond acceptors (Lipinski definition) is 3. The van der Waals surface area contributed by atoms with Crippen LogP contribution in [-0.2, 0) is 6.54 Å². The fourth-order valence-corrected chi connectivity index (χ4v) is 1.75. The Morgan fingerprint density at radius 2 is 2.11 bits per heavy atom. The van der Waals surface area contributed by atoms with Gasteiger partial charge in [-0.1, -0.05) is 5.21 Å². The molecule has 1 aromatic carbocycles. The molecule has 0 bridgehead atoms. The van der Waals surface area contributed by atoms with E-state index in [4.69, 9.17) is 0 Å². The number of hydrogen-bond donors (Lipinski definition) is 1. The van der Waals surface area contributed by atoms with E-state index in [0.717, 1.165) is 17.8 Å². The van der Waals surface area contributed by atoms with Crippen molar-refractivity contribution in [2.24, 2.45) is 0 Å². The Labute approximate surface area is 103 Å². The molecule has 1 N–H and O–H groups in total. The van der Waals surface area contributed by atoms with Crippen LogP contribution in [0.5, 0.6) is 0 Å². The molecule has 1 aromatic heterocycles. The Bertz CT molecular complexity index is 563. The van der Waals surface area contributed by atoms with Crippen molar-refractivity contribution >= 4 is 0 Å². The van der Waals surface area contributed by atoms with Gasteiger partial charge in [-0.25, -0.2) is 13.5 Å². The van der Waals surface area contributed by atoms with Crippen molar-refractivity contribution in [2.75, 3.05) is 0 Å². The first-order valence-corrected chi connectivity index (χ1v) is 5.82. The monoisotopic (exact) mass is 250 g/mol. The van der Waals surface area contributed by atoms with Gasteiger partial charge in [-0.3, -0.25) is 0 Å². The van der Waals surface area contributed by atoms with E-state index in [1.807, 2.05) is 0 Å². The summed E-state index contributed by atoms with van der Waals surface area (Å²) in [5.74, 6) is -1.75. The lowest BCUT2D eigenvalue weighted by molar-refractivity contribution is 0.507. The number of rotatable bonds is 4. The third-order valence-corrected chi connectivity index (χ3v) is 2.92. The molecule has 2 aromatic rings. The molecule has 1 heterocycles. The lowest BCUT2D eigenvalue weighted by Gasteiger charge is -2.07. The molecule has 94 valence electrons. The van der Waals surface area contributed by atoms with Crippen LogP contribution in [0.15, 0.2) is 24.4 Å². The highest BCUT2D eigenvalue weighted by atomic mass is 19.2. The molecule has 0 unspecified atom stereocenters. The fourth-order valence-electron chi connectivity index (χ4n) is 1.75. The zero-order chi connectivity index (χ0) is 12.5. The van der Waals surface area contributed by atoms with Crippen LogP contribution in [-0.4, -0.2) is 21.0 Å². The van der Waals surface area contributed by atoms with E-state index in [0.29, 0.717) is 18.3 Å². The second-order valence-electron chi connectivity index (χ2n) is 4.39. The number of nitrogens with zero attached hydrogens (tertiary/aromatic N) is 3. The lowest BCUT2D eigenvalue weighted by Crippen LogP contribution is -2.18. The van der Waals surface area contributed by atoms with Crippen LogP contribution in [0.4, 0.5) is 8.78 Å². The Kier molecular flexibility index (Phi) is 2.79. The van der Waals surface area contributed by atoms with Crippen LogP contribution in [0.2, 0.25) is 0 Å². The summed E-state index contributed by atoms with van der Waals surface area (Å²) in [7, 11) is 0. The highest BCUT2D eigenvalue weighted by molar-refractivity contribution is 5.33. The van der Waals surface area contributed by atoms with Crippen molar-refractivity contribution in [1.82, 2.24) is 20.3 Å². The van der Waals surface area contributed by atoms with Gasteiger partial charge in [0.2, 0.25) is 0 Å². The zero-order valence-corrected chi connectivity index (χ0v) is 9.61. The lowest BCUT2D eigenvalue weighted by atomic mass is 10.3. The van der Waals surface area contributed by atoms with Crippen molar-refractivity contribution < 1.29 is 8.78 Å². The van der Waals surface area contributed by atoms with Gasteiger partial charge < -0.3 is 5.32 Å². The van der Waals surface area contributed by atoms with Crippen molar-refractivity contribution in [3.05, 3.63) is 41.7 Å². The van der Waals surface area contributed by atoms with E-state index in [1.54, 1.807) is 6.20 Å². The van der Waals surface area contributed by atoms with Gasteiger partial charge in [0.25, 0.3) is 0 Å². The van der Waals surface area contributed by atoms with Crippen LogP contribution >= 0.6 is 0 Å². The van der Waals surface area contributed by atoms with E-state index in [-0.39, 0.29) is 0 Å². The van der Waals surface area contributed by atoms with Gasteiger partial charge in [-0.15, -0.1) is 5.10 Å². The highest BCUT2D eigenvalue weighted by Gasteiger charge is 2.21. The average molecular weight is 250 g/mol. The predicted octanol–water partition coefficient (Wildman–Crippen LogP) is 1.80. The molecular formula is C12H12F2N4. The maximum atomic E-state index is 13.2. The summed E-state index contributed by atoms with van der Waals surface area (Å²) < 4.78 is 27.6. The molecule has 0 atom stereocenters. The number of benzene rings is 1.